The van der Waals surface area contributed by atoms with Crippen LogP contribution in [-0.2, 0) is 5.41 Å². The third kappa shape index (κ3) is 5.29. The van der Waals surface area contributed by atoms with Gasteiger partial charge in [-0.15, -0.1) is 0 Å². The van der Waals surface area contributed by atoms with Crippen molar-refractivity contribution in [2.45, 2.75) is 89.5 Å². The largest absolute Gasteiger partial charge is 0.354 e. The second kappa shape index (κ2) is 8.89. The molecule has 0 atom stereocenters. The summed E-state index contributed by atoms with van der Waals surface area (Å²) >= 11 is 0. The summed E-state index contributed by atoms with van der Waals surface area (Å²) in [5.74, 6) is 3.72. The van der Waals surface area contributed by atoms with Crippen LogP contribution in [0, 0.1) is 5.92 Å². The van der Waals surface area contributed by atoms with E-state index in [0.717, 1.165) is 43.7 Å². The van der Waals surface area contributed by atoms with Gasteiger partial charge in [-0.2, -0.15) is 0 Å². The van der Waals surface area contributed by atoms with Crippen LogP contribution in [0.15, 0.2) is 6.07 Å². The molecule has 2 aliphatic carbocycles. The van der Waals surface area contributed by atoms with E-state index in [1.165, 1.54) is 63.6 Å². The first kappa shape index (κ1) is 21.0. The van der Waals surface area contributed by atoms with E-state index in [1.54, 1.807) is 0 Å². The number of piperazine rings is 1. The summed E-state index contributed by atoms with van der Waals surface area (Å²) in [6.07, 6.45) is 10.4. The van der Waals surface area contributed by atoms with Crippen molar-refractivity contribution >= 4 is 5.82 Å². The van der Waals surface area contributed by atoms with Gasteiger partial charge in [-0.05, 0) is 57.4 Å². The van der Waals surface area contributed by atoms with Gasteiger partial charge in [-0.1, -0.05) is 27.2 Å². The van der Waals surface area contributed by atoms with Crippen molar-refractivity contribution in [1.29, 1.82) is 0 Å². The van der Waals surface area contributed by atoms with Crippen LogP contribution in [0.5, 0.6) is 0 Å². The molecule has 0 unspecified atom stereocenters. The van der Waals surface area contributed by atoms with E-state index in [4.69, 9.17) is 15.7 Å². The zero-order valence-electron chi connectivity index (χ0n) is 18.9. The minimum absolute atomic E-state index is 0.00113. The van der Waals surface area contributed by atoms with Crippen molar-refractivity contribution in [2.75, 3.05) is 37.6 Å². The highest BCUT2D eigenvalue weighted by Crippen LogP contribution is 2.37. The van der Waals surface area contributed by atoms with Crippen molar-refractivity contribution in [3.05, 3.63) is 17.6 Å². The molecule has 0 spiro atoms. The van der Waals surface area contributed by atoms with Gasteiger partial charge in [0.15, 0.2) is 0 Å². The van der Waals surface area contributed by atoms with Gasteiger partial charge in [0.25, 0.3) is 0 Å². The SMILES string of the molecule is CC(C)(C)c1nc(C2CCC2)cc(N2CCN(CC[C@H]3CC[C@H](N)CC3)CC2)n1. The molecule has 1 aromatic heterocycles. The first-order valence-electron chi connectivity index (χ1n) is 12.0. The molecule has 3 fully saturated rings. The van der Waals surface area contributed by atoms with Crippen LogP contribution in [0.2, 0.25) is 0 Å². The molecular formula is C24H41N5. The number of hydrogen-bond acceptors (Lipinski definition) is 5. The topological polar surface area (TPSA) is 58.3 Å². The fourth-order valence-electron chi connectivity index (χ4n) is 4.91. The van der Waals surface area contributed by atoms with Crippen LogP contribution in [0.3, 0.4) is 0 Å². The molecule has 1 aromatic rings. The van der Waals surface area contributed by atoms with E-state index in [9.17, 15) is 0 Å². The van der Waals surface area contributed by atoms with Crippen molar-refractivity contribution < 1.29 is 0 Å². The molecule has 5 nitrogen and oxygen atoms in total. The van der Waals surface area contributed by atoms with Crippen LogP contribution >= 0.6 is 0 Å². The second-order valence-electron chi connectivity index (χ2n) is 10.8. The normalized spacial score (nSPS) is 27.1. The van der Waals surface area contributed by atoms with Crippen LogP contribution in [0.4, 0.5) is 5.82 Å². The van der Waals surface area contributed by atoms with E-state index < -0.39 is 0 Å². The lowest BCUT2D eigenvalue weighted by Gasteiger charge is -2.37. The van der Waals surface area contributed by atoms with Gasteiger partial charge >= 0.3 is 0 Å². The number of nitrogens with two attached hydrogens (primary N) is 1. The Morgan fingerprint density at radius 2 is 1.66 bits per heavy atom. The number of nitrogens with zero attached hydrogens (tertiary/aromatic N) is 4. The van der Waals surface area contributed by atoms with Gasteiger partial charge in [0.05, 0.1) is 0 Å². The maximum atomic E-state index is 6.06. The molecule has 0 radical (unpaired) electrons. The van der Waals surface area contributed by atoms with Gasteiger partial charge < -0.3 is 10.6 Å². The monoisotopic (exact) mass is 399 g/mol. The van der Waals surface area contributed by atoms with Gasteiger partial charge in [0, 0.05) is 55.3 Å². The molecule has 2 saturated carbocycles. The zero-order valence-corrected chi connectivity index (χ0v) is 18.9. The Labute approximate surface area is 177 Å². The maximum absolute atomic E-state index is 6.06. The molecule has 0 amide bonds. The Bertz CT molecular complexity index is 662. The highest BCUT2D eigenvalue weighted by atomic mass is 15.3. The molecule has 29 heavy (non-hydrogen) atoms. The first-order chi connectivity index (χ1) is 13.9. The summed E-state index contributed by atoms with van der Waals surface area (Å²) in [5, 5.41) is 0. The van der Waals surface area contributed by atoms with Crippen molar-refractivity contribution in [1.82, 2.24) is 14.9 Å². The van der Waals surface area contributed by atoms with Crippen molar-refractivity contribution in [2.24, 2.45) is 11.7 Å². The Hall–Kier alpha value is -1.20. The third-order valence-electron chi connectivity index (χ3n) is 7.37. The number of hydrogen-bond donors (Lipinski definition) is 1. The second-order valence-corrected chi connectivity index (χ2v) is 10.8. The molecule has 162 valence electrons. The quantitative estimate of drug-likeness (QED) is 0.809. The lowest BCUT2D eigenvalue weighted by Crippen LogP contribution is -2.47. The maximum Gasteiger partial charge on any atom is 0.136 e. The van der Waals surface area contributed by atoms with Crippen molar-refractivity contribution in [3.8, 4) is 0 Å². The summed E-state index contributed by atoms with van der Waals surface area (Å²) in [6, 6.07) is 2.76. The zero-order chi connectivity index (χ0) is 20.4. The Morgan fingerprint density at radius 1 is 0.966 bits per heavy atom. The molecule has 5 heteroatoms. The minimum Gasteiger partial charge on any atom is -0.354 e. The van der Waals surface area contributed by atoms with Crippen LogP contribution in [-0.4, -0.2) is 53.6 Å². The average Bonchev–Trinajstić information content (AvgIpc) is 2.66. The minimum atomic E-state index is -0.00113. The van der Waals surface area contributed by atoms with Gasteiger partial charge in [0.2, 0.25) is 0 Å². The first-order valence-corrected chi connectivity index (χ1v) is 12.0. The Balaban J connectivity index is 1.34. The van der Waals surface area contributed by atoms with Gasteiger partial charge in [-0.3, -0.25) is 4.90 Å². The van der Waals surface area contributed by atoms with Crippen molar-refractivity contribution in [3.63, 3.8) is 0 Å². The predicted octanol–water partition coefficient (Wildman–Crippen LogP) is 4.07. The summed E-state index contributed by atoms with van der Waals surface area (Å²) in [5.41, 5.74) is 7.34. The molecule has 0 bridgehead atoms. The van der Waals surface area contributed by atoms with E-state index >= 15 is 0 Å². The fourth-order valence-corrected chi connectivity index (χ4v) is 4.91. The third-order valence-corrected chi connectivity index (χ3v) is 7.37. The smallest absolute Gasteiger partial charge is 0.136 e. The Kier molecular flexibility index (Phi) is 6.45. The number of anilines is 1. The molecule has 0 aromatic carbocycles. The predicted molar refractivity (Wildman–Crippen MR) is 121 cm³/mol. The van der Waals surface area contributed by atoms with E-state index in [1.807, 2.05) is 0 Å². The van der Waals surface area contributed by atoms with Gasteiger partial charge in [-0.25, -0.2) is 9.97 Å². The summed E-state index contributed by atoms with van der Waals surface area (Å²) < 4.78 is 0. The van der Waals surface area contributed by atoms with Gasteiger partial charge in [0.1, 0.15) is 11.6 Å². The Morgan fingerprint density at radius 3 is 2.24 bits per heavy atom. The van der Waals surface area contributed by atoms with Crippen LogP contribution in [0.1, 0.15) is 89.6 Å². The van der Waals surface area contributed by atoms with E-state index in [2.05, 4.69) is 36.6 Å². The highest BCUT2D eigenvalue weighted by molar-refractivity contribution is 5.42. The molecule has 4 rings (SSSR count). The fraction of sp³-hybridized carbons (Fsp3) is 0.833. The molecule has 3 aliphatic rings. The standard InChI is InChI=1S/C24H41N5/c1-24(2,3)23-26-21(19-5-4-6-19)17-22(27-23)29-15-13-28(14-16-29)12-11-18-7-9-20(25)10-8-18/h17-20H,4-16,25H2,1-3H3/t18-,20-. The average molecular weight is 400 g/mol. The van der Waals surface area contributed by atoms with E-state index in [-0.39, 0.29) is 5.41 Å². The highest BCUT2D eigenvalue weighted by Gasteiger charge is 2.28. The summed E-state index contributed by atoms with van der Waals surface area (Å²) in [7, 11) is 0. The summed E-state index contributed by atoms with van der Waals surface area (Å²) in [6.45, 7) is 12.4. The lowest BCUT2D eigenvalue weighted by atomic mass is 9.82. The lowest BCUT2D eigenvalue weighted by molar-refractivity contribution is 0.216. The van der Waals surface area contributed by atoms with Crippen LogP contribution < -0.4 is 10.6 Å². The number of rotatable bonds is 5. The molecular weight excluding hydrogens is 358 g/mol. The molecule has 1 saturated heterocycles. The van der Waals surface area contributed by atoms with Crippen LogP contribution in [0.25, 0.3) is 0 Å². The number of aromatic nitrogens is 2. The molecule has 1 aliphatic heterocycles. The summed E-state index contributed by atoms with van der Waals surface area (Å²) in [4.78, 5) is 15.1. The molecule has 2 N–H and O–H groups in total. The van der Waals surface area contributed by atoms with E-state index in [0.29, 0.717) is 12.0 Å². The molecule has 2 heterocycles.